The molecule has 1 N–H and O–H groups in total. The fourth-order valence-corrected chi connectivity index (χ4v) is 2.71. The quantitative estimate of drug-likeness (QED) is 0.694. The molecule has 0 aliphatic carbocycles. The van der Waals surface area contributed by atoms with E-state index in [4.69, 9.17) is 0 Å². The lowest BCUT2D eigenvalue weighted by atomic mass is 9.98. The molecule has 2 heterocycles. The number of nitrogens with zero attached hydrogens (tertiary/aromatic N) is 2. The molecular weight excluding hydrogens is 410 g/mol. The molecule has 0 saturated carbocycles. The fourth-order valence-electron chi connectivity index (χ4n) is 2.25. The number of carbonyl (C=O) groups is 1. The molecule has 2 aliphatic rings. The van der Waals surface area contributed by atoms with Crippen molar-refractivity contribution in [2.24, 2.45) is 4.99 Å². The van der Waals surface area contributed by atoms with Crippen molar-refractivity contribution >= 4 is 34.5 Å². The number of halogens is 4. The van der Waals surface area contributed by atoms with E-state index in [0.717, 1.165) is 4.90 Å². The first-order valence-corrected chi connectivity index (χ1v) is 7.30. The zero-order chi connectivity index (χ0) is 16.0. The number of fused-ring (bicyclic) bond motifs is 1. The molecule has 0 bridgehead atoms. The van der Waals surface area contributed by atoms with Crippen molar-refractivity contribution in [2.45, 2.75) is 11.8 Å². The number of carbonyl (C=O) groups excluding carboxylic acids is 1. The molecule has 2 amide bonds. The molecule has 0 unspecified atom stereocenters. The molecule has 1 atom stereocenters. The second-order valence-electron chi connectivity index (χ2n) is 4.69. The molecule has 0 radical (unpaired) electrons. The predicted octanol–water partition coefficient (Wildman–Crippen LogP) is 3.67. The molecule has 3 rings (SSSR count). The number of urea groups is 1. The minimum absolute atomic E-state index is 0.0506. The summed E-state index contributed by atoms with van der Waals surface area (Å²) in [6.07, 6.45) is -0.351. The normalized spacial score (nSPS) is 24.4. The Balaban J connectivity index is 2.20. The number of amides is 2. The Hall–Kier alpha value is -1.84. The number of hydrogen-bond donors (Lipinski definition) is 1. The molecule has 1 aromatic carbocycles. The summed E-state index contributed by atoms with van der Waals surface area (Å²) in [6.45, 7) is 0. The van der Waals surface area contributed by atoms with E-state index in [1.165, 1.54) is 36.5 Å². The van der Waals surface area contributed by atoms with Crippen LogP contribution in [0.25, 0.3) is 0 Å². The van der Waals surface area contributed by atoms with E-state index in [1.807, 2.05) is 27.9 Å². The maximum Gasteiger partial charge on any atom is 0.436 e. The number of aliphatic imine (C=N–C) groups is 1. The van der Waals surface area contributed by atoms with Gasteiger partial charge in [-0.25, -0.2) is 9.79 Å². The van der Waals surface area contributed by atoms with E-state index in [-0.39, 0.29) is 11.4 Å². The SMILES string of the molecule is O=C1N[C@@](c2ccccc2)(C(F)(F)F)N=C2C=CC(I)=CN12. The van der Waals surface area contributed by atoms with Crippen LogP contribution in [0.15, 0.2) is 57.3 Å². The third-order valence-electron chi connectivity index (χ3n) is 3.28. The van der Waals surface area contributed by atoms with Crippen molar-refractivity contribution < 1.29 is 18.0 Å². The molecule has 114 valence electrons. The Morgan fingerprint density at radius 1 is 1.18 bits per heavy atom. The predicted molar refractivity (Wildman–Crippen MR) is 83.2 cm³/mol. The van der Waals surface area contributed by atoms with Gasteiger partial charge in [-0.1, -0.05) is 30.3 Å². The largest absolute Gasteiger partial charge is 0.436 e. The monoisotopic (exact) mass is 419 g/mol. The smallest absolute Gasteiger partial charge is 0.301 e. The maximum absolute atomic E-state index is 13.7. The van der Waals surface area contributed by atoms with Crippen molar-refractivity contribution in [1.29, 1.82) is 0 Å². The average Bonchev–Trinajstić information content (AvgIpc) is 2.47. The van der Waals surface area contributed by atoms with Crippen LogP contribution in [0.1, 0.15) is 5.56 Å². The average molecular weight is 419 g/mol. The van der Waals surface area contributed by atoms with E-state index in [0.29, 0.717) is 3.58 Å². The maximum atomic E-state index is 13.7. The van der Waals surface area contributed by atoms with E-state index in [2.05, 4.69) is 4.99 Å². The lowest BCUT2D eigenvalue weighted by Crippen LogP contribution is -2.62. The first-order valence-electron chi connectivity index (χ1n) is 6.22. The molecule has 2 aliphatic heterocycles. The lowest BCUT2D eigenvalue weighted by Gasteiger charge is -2.40. The second kappa shape index (κ2) is 5.11. The second-order valence-corrected chi connectivity index (χ2v) is 5.94. The summed E-state index contributed by atoms with van der Waals surface area (Å²) in [7, 11) is 0. The van der Waals surface area contributed by atoms with E-state index in [9.17, 15) is 18.0 Å². The highest BCUT2D eigenvalue weighted by Crippen LogP contribution is 2.42. The van der Waals surface area contributed by atoms with E-state index >= 15 is 0 Å². The fraction of sp³-hybridized carbons (Fsp3) is 0.143. The van der Waals surface area contributed by atoms with Crippen LogP contribution in [-0.4, -0.2) is 22.9 Å². The van der Waals surface area contributed by atoms with Gasteiger partial charge in [-0.3, -0.25) is 4.90 Å². The Labute approximate surface area is 137 Å². The zero-order valence-corrected chi connectivity index (χ0v) is 13.1. The minimum atomic E-state index is -4.77. The van der Waals surface area contributed by atoms with Crippen LogP contribution in [0.5, 0.6) is 0 Å². The summed E-state index contributed by atoms with van der Waals surface area (Å²) in [5.41, 5.74) is -2.92. The van der Waals surface area contributed by atoms with Gasteiger partial charge in [-0.2, -0.15) is 13.2 Å². The Morgan fingerprint density at radius 3 is 2.50 bits per heavy atom. The van der Waals surface area contributed by atoms with Gasteiger partial charge in [0.1, 0.15) is 5.84 Å². The van der Waals surface area contributed by atoms with Gasteiger partial charge in [0.2, 0.25) is 0 Å². The van der Waals surface area contributed by atoms with Crippen LogP contribution in [-0.2, 0) is 5.66 Å². The Morgan fingerprint density at radius 2 is 1.86 bits per heavy atom. The highest BCUT2D eigenvalue weighted by molar-refractivity contribution is 14.1. The van der Waals surface area contributed by atoms with Gasteiger partial charge in [0.25, 0.3) is 5.66 Å². The topological polar surface area (TPSA) is 44.7 Å². The third-order valence-corrected chi connectivity index (χ3v) is 3.92. The van der Waals surface area contributed by atoms with Crippen molar-refractivity contribution in [3.05, 3.63) is 57.8 Å². The summed E-state index contributed by atoms with van der Waals surface area (Å²) < 4.78 is 41.8. The Bertz CT molecular complexity index is 712. The summed E-state index contributed by atoms with van der Waals surface area (Å²) in [6, 6.07) is 6.26. The van der Waals surface area contributed by atoms with Gasteiger partial charge < -0.3 is 5.32 Å². The first-order chi connectivity index (χ1) is 10.3. The van der Waals surface area contributed by atoms with Crippen LogP contribution < -0.4 is 5.32 Å². The molecule has 4 nitrogen and oxygen atoms in total. The Kier molecular flexibility index (Phi) is 3.50. The number of hydrogen-bond acceptors (Lipinski definition) is 2. The molecule has 0 saturated heterocycles. The van der Waals surface area contributed by atoms with Crippen LogP contribution in [0, 0.1) is 0 Å². The number of nitrogens with one attached hydrogen (secondary N) is 1. The molecule has 1 aromatic rings. The number of rotatable bonds is 1. The first kappa shape index (κ1) is 15.1. The van der Waals surface area contributed by atoms with Crippen molar-refractivity contribution in [1.82, 2.24) is 10.2 Å². The standard InChI is InChI=1S/C14H9F3IN3O/c15-14(16,17)13(9-4-2-1-3-5-9)19-11-7-6-10(18)8-21(11)12(22)20-13/h1-8H,(H,20,22)/t13-/m0/s1. The molecule has 0 aromatic heterocycles. The number of allylic oxidation sites excluding steroid dienone is 2. The van der Waals surface area contributed by atoms with Gasteiger partial charge in [0, 0.05) is 15.3 Å². The molecule has 8 heteroatoms. The van der Waals surface area contributed by atoms with Crippen LogP contribution in [0.3, 0.4) is 0 Å². The number of alkyl halides is 3. The van der Waals surface area contributed by atoms with Gasteiger partial charge >= 0.3 is 12.2 Å². The summed E-state index contributed by atoms with van der Waals surface area (Å²) in [5, 5.41) is 2.00. The van der Waals surface area contributed by atoms with Crippen LogP contribution >= 0.6 is 22.6 Å². The minimum Gasteiger partial charge on any atom is -0.301 e. The van der Waals surface area contributed by atoms with Gasteiger partial charge in [-0.05, 0) is 34.7 Å². The van der Waals surface area contributed by atoms with Gasteiger partial charge in [0.05, 0.1) is 0 Å². The molecule has 0 fully saturated rings. The van der Waals surface area contributed by atoms with Crippen LogP contribution in [0.2, 0.25) is 0 Å². The molecular formula is C14H9F3IN3O. The van der Waals surface area contributed by atoms with Gasteiger partial charge in [0.15, 0.2) is 0 Å². The highest BCUT2D eigenvalue weighted by atomic mass is 127. The van der Waals surface area contributed by atoms with Crippen molar-refractivity contribution in [2.75, 3.05) is 0 Å². The number of benzene rings is 1. The van der Waals surface area contributed by atoms with E-state index < -0.39 is 17.9 Å². The van der Waals surface area contributed by atoms with Crippen LogP contribution in [0.4, 0.5) is 18.0 Å². The highest BCUT2D eigenvalue weighted by Gasteiger charge is 2.60. The van der Waals surface area contributed by atoms with E-state index in [1.54, 1.807) is 12.1 Å². The summed E-state index contributed by atoms with van der Waals surface area (Å²) >= 11 is 1.97. The van der Waals surface area contributed by atoms with Gasteiger partial charge in [-0.15, -0.1) is 0 Å². The summed E-state index contributed by atoms with van der Waals surface area (Å²) in [4.78, 5) is 17.0. The summed E-state index contributed by atoms with van der Waals surface area (Å²) in [5.74, 6) is -0.0506. The zero-order valence-electron chi connectivity index (χ0n) is 10.9. The molecule has 0 spiro atoms. The van der Waals surface area contributed by atoms with Crippen molar-refractivity contribution in [3.8, 4) is 0 Å². The lowest BCUT2D eigenvalue weighted by molar-refractivity contribution is -0.196. The number of amidine groups is 1. The van der Waals surface area contributed by atoms with Crippen molar-refractivity contribution in [3.63, 3.8) is 0 Å². The third kappa shape index (κ3) is 2.31. The molecule has 22 heavy (non-hydrogen) atoms.